The molecule has 0 heterocycles. The van der Waals surface area contributed by atoms with Crippen LogP contribution in [-0.2, 0) is 0 Å². The molecule has 0 bridgehead atoms. The molecule has 0 saturated carbocycles. The lowest BCUT2D eigenvalue weighted by Gasteiger charge is -2.25. The lowest BCUT2D eigenvalue weighted by Crippen LogP contribution is -2.31. The Balaban J connectivity index is 0.000000921. The first-order valence-electron chi connectivity index (χ1n) is 6.41. The molecule has 0 radical (unpaired) electrons. The van der Waals surface area contributed by atoms with Crippen LogP contribution in [0.5, 0.6) is 0 Å². The van der Waals surface area contributed by atoms with Gasteiger partial charge in [-0.2, -0.15) is 0 Å². The molecule has 0 unspecified atom stereocenters. The second-order valence-electron chi connectivity index (χ2n) is 4.48. The van der Waals surface area contributed by atoms with Crippen molar-refractivity contribution in [3.8, 4) is 11.8 Å². The van der Waals surface area contributed by atoms with Gasteiger partial charge in [-0.3, -0.25) is 0 Å². The van der Waals surface area contributed by atoms with Gasteiger partial charge in [0.05, 0.1) is 0 Å². The summed E-state index contributed by atoms with van der Waals surface area (Å²) in [5.74, 6) is 7.84. The summed E-state index contributed by atoms with van der Waals surface area (Å²) >= 11 is 0. The van der Waals surface area contributed by atoms with E-state index in [2.05, 4.69) is 25.7 Å². The van der Waals surface area contributed by atoms with E-state index in [9.17, 15) is 0 Å². The molecule has 0 saturated heterocycles. The van der Waals surface area contributed by atoms with Crippen LogP contribution in [0.3, 0.4) is 0 Å². The first kappa shape index (κ1) is 14.5. The van der Waals surface area contributed by atoms with Crippen molar-refractivity contribution < 1.29 is 0 Å². The molecule has 1 aliphatic rings. The lowest BCUT2D eigenvalue weighted by atomic mass is 9.84. The van der Waals surface area contributed by atoms with E-state index in [-0.39, 0.29) is 0 Å². The van der Waals surface area contributed by atoms with Gasteiger partial charge in [-0.05, 0) is 31.1 Å². The van der Waals surface area contributed by atoms with E-state index in [0.717, 1.165) is 25.2 Å². The molecule has 0 aromatic carbocycles. The second kappa shape index (κ2) is 8.80. The largest absolute Gasteiger partial charge is 0.327 e. The summed E-state index contributed by atoms with van der Waals surface area (Å²) in [6.07, 6.45) is 5.60. The molecular weight excluding hydrogens is 182 g/mol. The normalized spacial score (nSPS) is 25.5. The Morgan fingerprint density at radius 3 is 2.20 bits per heavy atom. The number of rotatable bonds is 2. The van der Waals surface area contributed by atoms with E-state index >= 15 is 0 Å². The predicted octanol–water partition coefficient (Wildman–Crippen LogP) is 3.58. The van der Waals surface area contributed by atoms with Crippen molar-refractivity contribution >= 4 is 0 Å². The molecule has 0 spiro atoms. The molecule has 1 nitrogen and oxygen atoms in total. The van der Waals surface area contributed by atoms with Gasteiger partial charge in [-0.1, -0.05) is 27.7 Å². The Kier molecular flexibility index (Phi) is 8.52. The zero-order valence-electron chi connectivity index (χ0n) is 10.8. The van der Waals surface area contributed by atoms with Crippen LogP contribution in [0.15, 0.2) is 0 Å². The van der Waals surface area contributed by atoms with Crippen molar-refractivity contribution in [3.63, 3.8) is 0 Å². The van der Waals surface area contributed by atoms with E-state index in [1.54, 1.807) is 0 Å². The maximum absolute atomic E-state index is 6.13. The van der Waals surface area contributed by atoms with E-state index in [1.807, 2.05) is 13.8 Å². The average molecular weight is 209 g/mol. The van der Waals surface area contributed by atoms with E-state index < -0.39 is 0 Å². The molecule has 0 aromatic rings. The highest BCUT2D eigenvalue weighted by molar-refractivity contribution is 5.01. The van der Waals surface area contributed by atoms with Crippen molar-refractivity contribution in [1.29, 1.82) is 0 Å². The molecule has 1 rings (SSSR count). The highest BCUT2D eigenvalue weighted by Crippen LogP contribution is 2.23. The summed E-state index contributed by atoms with van der Waals surface area (Å²) in [5, 5.41) is 0. The minimum atomic E-state index is 0.386. The molecule has 15 heavy (non-hydrogen) atoms. The third-order valence-electron chi connectivity index (χ3n) is 2.75. The number of hydrogen-bond donors (Lipinski definition) is 1. The zero-order chi connectivity index (χ0) is 11.7. The van der Waals surface area contributed by atoms with Gasteiger partial charge in [0.15, 0.2) is 0 Å². The summed E-state index contributed by atoms with van der Waals surface area (Å²) in [4.78, 5) is 0. The van der Waals surface area contributed by atoms with Gasteiger partial charge in [0.2, 0.25) is 0 Å². The lowest BCUT2D eigenvalue weighted by molar-refractivity contribution is 0.317. The van der Waals surface area contributed by atoms with Crippen LogP contribution >= 0.6 is 0 Å². The van der Waals surface area contributed by atoms with Crippen molar-refractivity contribution in [2.24, 2.45) is 17.6 Å². The van der Waals surface area contributed by atoms with Crippen LogP contribution in [-0.4, -0.2) is 6.04 Å². The third-order valence-corrected chi connectivity index (χ3v) is 2.75. The summed E-state index contributed by atoms with van der Waals surface area (Å²) in [5.41, 5.74) is 6.13. The Morgan fingerprint density at radius 1 is 1.13 bits per heavy atom. The summed E-state index contributed by atoms with van der Waals surface area (Å²) in [7, 11) is 0. The van der Waals surface area contributed by atoms with Crippen LogP contribution in [0.1, 0.15) is 59.8 Å². The molecule has 2 N–H and O–H groups in total. The topological polar surface area (TPSA) is 26.0 Å². The van der Waals surface area contributed by atoms with Crippen molar-refractivity contribution in [3.05, 3.63) is 0 Å². The molecule has 1 heteroatoms. The molecule has 0 aliphatic heterocycles. The molecule has 0 fully saturated rings. The fourth-order valence-corrected chi connectivity index (χ4v) is 2.02. The monoisotopic (exact) mass is 209 g/mol. The minimum absolute atomic E-state index is 0.386. The van der Waals surface area contributed by atoms with Gasteiger partial charge in [0.1, 0.15) is 0 Å². The quantitative estimate of drug-likeness (QED) is 0.691. The fraction of sp³-hybridized carbons (Fsp3) is 0.857. The SMILES string of the molecule is CC.CC(C)C[C@H]1CCC#CCC[C@H]1N. The maximum atomic E-state index is 6.13. The number of nitrogens with two attached hydrogens (primary N) is 1. The number of hydrogen-bond acceptors (Lipinski definition) is 1. The molecule has 88 valence electrons. The van der Waals surface area contributed by atoms with Gasteiger partial charge in [-0.25, -0.2) is 0 Å². The van der Waals surface area contributed by atoms with Crippen molar-refractivity contribution in [1.82, 2.24) is 0 Å². The molecule has 2 atom stereocenters. The fourth-order valence-electron chi connectivity index (χ4n) is 2.02. The maximum Gasteiger partial charge on any atom is 0.0103 e. The summed E-state index contributed by atoms with van der Waals surface area (Å²) in [6, 6.07) is 0.386. The first-order chi connectivity index (χ1) is 7.20. The van der Waals surface area contributed by atoms with Crippen LogP contribution in [0.25, 0.3) is 0 Å². The van der Waals surface area contributed by atoms with Crippen LogP contribution < -0.4 is 5.73 Å². The van der Waals surface area contributed by atoms with Crippen LogP contribution in [0.4, 0.5) is 0 Å². The van der Waals surface area contributed by atoms with Gasteiger partial charge in [0.25, 0.3) is 0 Å². The highest BCUT2D eigenvalue weighted by atomic mass is 14.6. The summed E-state index contributed by atoms with van der Waals surface area (Å²) < 4.78 is 0. The zero-order valence-corrected chi connectivity index (χ0v) is 10.8. The average Bonchev–Trinajstić information content (AvgIpc) is 2.20. The Hall–Kier alpha value is -0.480. The predicted molar refractivity (Wildman–Crippen MR) is 68.5 cm³/mol. The highest BCUT2D eigenvalue weighted by Gasteiger charge is 2.18. The van der Waals surface area contributed by atoms with Gasteiger partial charge in [-0.15, -0.1) is 11.8 Å². The Labute approximate surface area is 95.8 Å². The molecular formula is C14H27N. The van der Waals surface area contributed by atoms with Crippen LogP contribution in [0.2, 0.25) is 0 Å². The minimum Gasteiger partial charge on any atom is -0.327 e. The van der Waals surface area contributed by atoms with Crippen molar-refractivity contribution in [2.45, 2.75) is 65.8 Å². The standard InChI is InChI=1S/C12H21N.C2H6/c1-10(2)9-11-7-5-3-4-6-8-12(11)13;1-2/h10-12H,5-9,13H2,1-2H3;1-2H3/t11-,12-;/m1./s1. The molecule has 1 aliphatic carbocycles. The second-order valence-corrected chi connectivity index (χ2v) is 4.48. The smallest absolute Gasteiger partial charge is 0.0103 e. The van der Waals surface area contributed by atoms with Crippen molar-refractivity contribution in [2.75, 3.05) is 0 Å². The third kappa shape index (κ3) is 6.57. The Bertz CT molecular complexity index is 197. The van der Waals surface area contributed by atoms with E-state index in [1.165, 1.54) is 12.8 Å². The Morgan fingerprint density at radius 2 is 1.67 bits per heavy atom. The molecule has 0 amide bonds. The van der Waals surface area contributed by atoms with Gasteiger partial charge < -0.3 is 5.73 Å². The van der Waals surface area contributed by atoms with E-state index in [4.69, 9.17) is 5.73 Å². The van der Waals surface area contributed by atoms with Gasteiger partial charge >= 0.3 is 0 Å². The van der Waals surface area contributed by atoms with Crippen LogP contribution in [0, 0.1) is 23.7 Å². The molecule has 0 aromatic heterocycles. The van der Waals surface area contributed by atoms with E-state index in [0.29, 0.717) is 12.0 Å². The first-order valence-corrected chi connectivity index (χ1v) is 6.41. The van der Waals surface area contributed by atoms with Gasteiger partial charge in [0, 0.05) is 18.9 Å². The summed E-state index contributed by atoms with van der Waals surface area (Å²) in [6.45, 7) is 8.55.